The lowest BCUT2D eigenvalue weighted by atomic mass is 10.0. The third-order valence-electron chi connectivity index (χ3n) is 2.12. The molecule has 0 amide bonds. The minimum Gasteiger partial charge on any atom is -0.481 e. The predicted octanol–water partition coefficient (Wildman–Crippen LogP) is 3.20. The number of carboxylic acid groups (broad SMARTS) is 1. The van der Waals surface area contributed by atoms with E-state index >= 15 is 0 Å². The van der Waals surface area contributed by atoms with Crippen LogP contribution in [0, 0.1) is 0 Å². The Labute approximate surface area is 110 Å². The van der Waals surface area contributed by atoms with E-state index in [4.69, 9.17) is 5.11 Å². The summed E-state index contributed by atoms with van der Waals surface area (Å²) in [5.41, 5.74) is 0.396. The first-order valence-corrected chi connectivity index (χ1v) is 5.71. The van der Waals surface area contributed by atoms with Crippen LogP contribution in [-0.4, -0.2) is 30.5 Å². The number of hydrogen-bond donors (Lipinski definition) is 1. The number of aliphatic carboxylic acids is 1. The molecule has 0 saturated heterocycles. The highest BCUT2D eigenvalue weighted by Crippen LogP contribution is 2.21. The minimum atomic E-state index is -4.46. The van der Waals surface area contributed by atoms with Crippen molar-refractivity contribution in [2.75, 3.05) is 13.2 Å². The molecule has 1 aromatic carbocycles. The molecule has 100 valence electrons. The minimum absolute atomic E-state index is 0.396. The van der Waals surface area contributed by atoms with E-state index in [1.54, 1.807) is 12.1 Å². The van der Waals surface area contributed by atoms with Crippen molar-refractivity contribution in [2.45, 2.75) is 12.1 Å². The van der Waals surface area contributed by atoms with Crippen molar-refractivity contribution in [1.29, 1.82) is 0 Å². The standard InChI is InChI=1S/C11H10BrF3O3/c12-8-3-1-7(2-4-8)9(10(16)17)5-18-6-11(13,14)15/h1-4,9H,5-6H2,(H,16,17). The molecular formula is C11H10BrF3O3. The maximum Gasteiger partial charge on any atom is 0.411 e. The van der Waals surface area contributed by atoms with Gasteiger partial charge in [0.05, 0.1) is 6.61 Å². The van der Waals surface area contributed by atoms with E-state index in [0.29, 0.717) is 5.56 Å². The number of hydrogen-bond acceptors (Lipinski definition) is 2. The first-order valence-electron chi connectivity index (χ1n) is 4.92. The highest BCUT2D eigenvalue weighted by atomic mass is 79.9. The Kier molecular flexibility index (Phi) is 5.15. The fourth-order valence-electron chi connectivity index (χ4n) is 1.30. The molecule has 1 atom stereocenters. The second-order valence-corrected chi connectivity index (χ2v) is 4.49. The molecule has 0 heterocycles. The number of ether oxygens (including phenoxy) is 1. The van der Waals surface area contributed by atoms with Crippen molar-refractivity contribution in [1.82, 2.24) is 0 Å². The highest BCUT2D eigenvalue weighted by molar-refractivity contribution is 9.10. The lowest BCUT2D eigenvalue weighted by Crippen LogP contribution is -2.23. The molecule has 1 N–H and O–H groups in total. The van der Waals surface area contributed by atoms with Gasteiger partial charge in [-0.1, -0.05) is 28.1 Å². The third kappa shape index (κ3) is 5.05. The lowest BCUT2D eigenvalue weighted by molar-refractivity contribution is -0.177. The molecule has 1 aromatic rings. The molecule has 0 aliphatic heterocycles. The second-order valence-electron chi connectivity index (χ2n) is 3.57. The Balaban J connectivity index is 2.66. The summed E-state index contributed by atoms with van der Waals surface area (Å²) in [6.07, 6.45) is -4.46. The number of carbonyl (C=O) groups is 1. The van der Waals surface area contributed by atoms with E-state index < -0.39 is 31.3 Å². The van der Waals surface area contributed by atoms with Gasteiger partial charge in [-0.05, 0) is 17.7 Å². The number of alkyl halides is 3. The summed E-state index contributed by atoms with van der Waals surface area (Å²) in [6.45, 7) is -1.97. The van der Waals surface area contributed by atoms with Gasteiger partial charge < -0.3 is 9.84 Å². The van der Waals surface area contributed by atoms with Crippen LogP contribution in [0.4, 0.5) is 13.2 Å². The Morgan fingerprint density at radius 3 is 2.33 bits per heavy atom. The SMILES string of the molecule is O=C(O)C(COCC(F)(F)F)c1ccc(Br)cc1. The highest BCUT2D eigenvalue weighted by Gasteiger charge is 2.29. The van der Waals surface area contributed by atoms with Crippen LogP contribution < -0.4 is 0 Å². The molecule has 0 radical (unpaired) electrons. The molecular weight excluding hydrogens is 317 g/mol. The predicted molar refractivity (Wildman–Crippen MR) is 61.4 cm³/mol. The number of rotatable bonds is 5. The van der Waals surface area contributed by atoms with E-state index in [-0.39, 0.29) is 0 Å². The van der Waals surface area contributed by atoms with Crippen molar-refractivity contribution in [2.24, 2.45) is 0 Å². The van der Waals surface area contributed by atoms with E-state index in [9.17, 15) is 18.0 Å². The molecule has 0 fully saturated rings. The van der Waals surface area contributed by atoms with Gasteiger partial charge in [-0.15, -0.1) is 0 Å². The monoisotopic (exact) mass is 326 g/mol. The molecule has 0 aromatic heterocycles. The molecule has 7 heteroatoms. The number of halogens is 4. The fourth-order valence-corrected chi connectivity index (χ4v) is 1.56. The fraction of sp³-hybridized carbons (Fsp3) is 0.364. The molecule has 1 unspecified atom stereocenters. The van der Waals surface area contributed by atoms with Crippen LogP contribution in [0.25, 0.3) is 0 Å². The summed E-state index contributed by atoms with van der Waals surface area (Å²) >= 11 is 3.18. The van der Waals surface area contributed by atoms with Crippen molar-refractivity contribution in [3.63, 3.8) is 0 Å². The van der Waals surface area contributed by atoms with Gasteiger partial charge in [-0.2, -0.15) is 13.2 Å². The Morgan fingerprint density at radius 2 is 1.89 bits per heavy atom. The summed E-state index contributed by atoms with van der Waals surface area (Å²) in [6, 6.07) is 6.30. The van der Waals surface area contributed by atoms with Gasteiger partial charge in [0.2, 0.25) is 0 Å². The van der Waals surface area contributed by atoms with Crippen molar-refractivity contribution in [3.05, 3.63) is 34.3 Å². The smallest absolute Gasteiger partial charge is 0.411 e. The zero-order valence-electron chi connectivity index (χ0n) is 9.08. The maximum atomic E-state index is 11.9. The Morgan fingerprint density at radius 1 is 1.33 bits per heavy atom. The first-order chi connectivity index (χ1) is 8.29. The third-order valence-corrected chi connectivity index (χ3v) is 2.65. The summed E-state index contributed by atoms with van der Waals surface area (Å²) in [5, 5.41) is 8.95. The first kappa shape index (κ1) is 15.0. The van der Waals surface area contributed by atoms with E-state index in [0.717, 1.165) is 4.47 Å². The lowest BCUT2D eigenvalue weighted by Gasteiger charge is -2.14. The molecule has 3 nitrogen and oxygen atoms in total. The van der Waals surface area contributed by atoms with Crippen LogP contribution >= 0.6 is 15.9 Å². The Bertz CT molecular complexity index is 403. The van der Waals surface area contributed by atoms with Crippen LogP contribution in [0.2, 0.25) is 0 Å². The summed E-state index contributed by atoms with van der Waals surface area (Å²) < 4.78 is 40.8. The zero-order valence-corrected chi connectivity index (χ0v) is 10.7. The molecule has 0 aliphatic carbocycles. The van der Waals surface area contributed by atoms with Gasteiger partial charge >= 0.3 is 12.1 Å². The van der Waals surface area contributed by atoms with Gasteiger partial charge in [-0.3, -0.25) is 4.79 Å². The van der Waals surface area contributed by atoms with Gasteiger partial charge in [0.15, 0.2) is 0 Å². The summed E-state index contributed by atoms with van der Waals surface area (Å²) in [5.74, 6) is -2.33. The van der Waals surface area contributed by atoms with Crippen LogP contribution in [0.1, 0.15) is 11.5 Å². The summed E-state index contributed by atoms with van der Waals surface area (Å²) in [4.78, 5) is 11.0. The zero-order chi connectivity index (χ0) is 13.8. The maximum absolute atomic E-state index is 11.9. The van der Waals surface area contributed by atoms with E-state index in [2.05, 4.69) is 20.7 Å². The normalized spacial score (nSPS) is 13.3. The summed E-state index contributed by atoms with van der Waals surface area (Å²) in [7, 11) is 0. The van der Waals surface area contributed by atoms with Crippen LogP contribution in [-0.2, 0) is 9.53 Å². The molecule has 0 aliphatic rings. The van der Waals surface area contributed by atoms with Crippen LogP contribution in [0.3, 0.4) is 0 Å². The largest absolute Gasteiger partial charge is 0.481 e. The average Bonchev–Trinajstić information content (AvgIpc) is 2.24. The molecule has 0 saturated carbocycles. The molecule has 18 heavy (non-hydrogen) atoms. The van der Waals surface area contributed by atoms with Crippen molar-refractivity contribution >= 4 is 21.9 Å². The van der Waals surface area contributed by atoms with Gasteiger partial charge in [-0.25, -0.2) is 0 Å². The molecule has 0 spiro atoms. The van der Waals surface area contributed by atoms with Crippen LogP contribution in [0.5, 0.6) is 0 Å². The van der Waals surface area contributed by atoms with Crippen molar-refractivity contribution < 1.29 is 27.8 Å². The molecule has 0 bridgehead atoms. The number of carboxylic acids is 1. The molecule has 1 rings (SSSR count). The van der Waals surface area contributed by atoms with Gasteiger partial charge in [0, 0.05) is 4.47 Å². The van der Waals surface area contributed by atoms with Crippen LogP contribution in [0.15, 0.2) is 28.7 Å². The average molecular weight is 327 g/mol. The second kappa shape index (κ2) is 6.19. The number of benzene rings is 1. The quantitative estimate of drug-likeness (QED) is 0.903. The topological polar surface area (TPSA) is 46.5 Å². The van der Waals surface area contributed by atoms with Gasteiger partial charge in [0.1, 0.15) is 12.5 Å². The van der Waals surface area contributed by atoms with E-state index in [1.807, 2.05) is 0 Å². The van der Waals surface area contributed by atoms with Crippen molar-refractivity contribution in [3.8, 4) is 0 Å². The Hall–Kier alpha value is -1.08. The van der Waals surface area contributed by atoms with Gasteiger partial charge in [0.25, 0.3) is 0 Å². The van der Waals surface area contributed by atoms with E-state index in [1.165, 1.54) is 12.1 Å².